The molecule has 0 aliphatic heterocycles. The number of ketones is 1. The van der Waals surface area contributed by atoms with Crippen molar-refractivity contribution in [3.8, 4) is 11.3 Å². The molecule has 0 radical (unpaired) electrons. The van der Waals surface area contributed by atoms with Gasteiger partial charge in [0, 0.05) is 12.0 Å². The first kappa shape index (κ1) is 30.0. The molecule has 0 aliphatic carbocycles. The summed E-state index contributed by atoms with van der Waals surface area (Å²) in [6, 6.07) is 35.7. The van der Waals surface area contributed by atoms with Gasteiger partial charge in [-0.15, -0.1) is 0 Å². The molecule has 1 aromatic heterocycles. The van der Waals surface area contributed by atoms with Gasteiger partial charge in [0.2, 0.25) is 11.7 Å². The highest BCUT2D eigenvalue weighted by atomic mass is 16.5. The van der Waals surface area contributed by atoms with E-state index in [9.17, 15) is 14.4 Å². The zero-order valence-electron chi connectivity index (χ0n) is 24.1. The number of carbonyl (C=O) groups excluding carboxylic acids is 3. The zero-order chi connectivity index (χ0) is 30.6. The van der Waals surface area contributed by atoms with Crippen LogP contribution in [0.1, 0.15) is 33.8 Å². The summed E-state index contributed by atoms with van der Waals surface area (Å²) >= 11 is 0. The average molecular weight is 588 g/mol. The topological polar surface area (TPSA) is 111 Å². The second kappa shape index (κ2) is 15.1. The number of hydrogen-bond acceptors (Lipinski definition) is 6. The number of aromatic nitrogens is 1. The van der Waals surface area contributed by atoms with E-state index in [1.54, 1.807) is 0 Å². The van der Waals surface area contributed by atoms with Crippen LogP contribution < -0.4 is 10.6 Å². The van der Waals surface area contributed by atoms with Crippen LogP contribution in [0, 0.1) is 0 Å². The standard InChI is InChI=1S/C36H33N3O5/c40-33(35-38-32(25-43-35)29-19-11-4-12-20-29)30(22-21-26-13-5-1-6-14-26)37-34(41)31(23-27-15-7-2-8-16-27)39-36(42)44-24-28-17-9-3-10-18-28/h1-20,25,30-31H,21-24H2,(H,37,41)(H,39,42)/t30?,31-/m0/s1. The van der Waals surface area contributed by atoms with E-state index in [4.69, 9.17) is 9.15 Å². The molecule has 44 heavy (non-hydrogen) atoms. The van der Waals surface area contributed by atoms with Crippen LogP contribution in [-0.4, -0.2) is 34.9 Å². The van der Waals surface area contributed by atoms with Gasteiger partial charge in [-0.25, -0.2) is 9.78 Å². The largest absolute Gasteiger partial charge is 0.445 e. The third-order valence-corrected chi connectivity index (χ3v) is 7.09. The Morgan fingerprint density at radius 3 is 1.89 bits per heavy atom. The van der Waals surface area contributed by atoms with E-state index in [0.29, 0.717) is 18.5 Å². The Balaban J connectivity index is 1.34. The van der Waals surface area contributed by atoms with Gasteiger partial charge < -0.3 is 19.8 Å². The fourth-order valence-corrected chi connectivity index (χ4v) is 4.74. The number of rotatable bonds is 13. The highest BCUT2D eigenvalue weighted by Crippen LogP contribution is 2.20. The summed E-state index contributed by atoms with van der Waals surface area (Å²) < 4.78 is 11.0. The van der Waals surface area contributed by atoms with Crippen LogP contribution in [0.25, 0.3) is 11.3 Å². The number of hydrogen-bond donors (Lipinski definition) is 2. The maximum absolute atomic E-state index is 13.8. The lowest BCUT2D eigenvalue weighted by Crippen LogP contribution is -2.52. The van der Waals surface area contributed by atoms with Crippen molar-refractivity contribution in [2.24, 2.45) is 0 Å². The Morgan fingerprint density at radius 1 is 0.682 bits per heavy atom. The molecule has 0 fully saturated rings. The minimum Gasteiger partial charge on any atom is -0.445 e. The van der Waals surface area contributed by atoms with Gasteiger partial charge in [-0.05, 0) is 29.5 Å². The predicted octanol–water partition coefficient (Wildman–Crippen LogP) is 6.18. The van der Waals surface area contributed by atoms with E-state index in [1.165, 1.54) is 6.26 Å². The molecule has 0 aliphatic rings. The molecule has 2 amide bonds. The van der Waals surface area contributed by atoms with Crippen molar-refractivity contribution in [1.82, 2.24) is 15.6 Å². The monoisotopic (exact) mass is 587 g/mol. The number of nitrogens with one attached hydrogen (secondary N) is 2. The molecule has 222 valence electrons. The van der Waals surface area contributed by atoms with Crippen LogP contribution >= 0.6 is 0 Å². The summed E-state index contributed by atoms with van der Waals surface area (Å²) in [6.45, 7) is 0.0540. The molecule has 1 unspecified atom stereocenters. The molecule has 0 saturated carbocycles. The number of Topliss-reactive ketones (excluding diaryl/α,β-unsaturated/α-hetero) is 1. The number of nitrogens with zero attached hydrogens (tertiary/aromatic N) is 1. The van der Waals surface area contributed by atoms with Gasteiger partial charge in [-0.1, -0.05) is 121 Å². The second-order valence-electron chi connectivity index (χ2n) is 10.3. The highest BCUT2D eigenvalue weighted by Gasteiger charge is 2.30. The Hall–Kier alpha value is -5.50. The molecule has 0 saturated heterocycles. The number of aryl methyl sites for hydroxylation is 1. The van der Waals surface area contributed by atoms with Gasteiger partial charge >= 0.3 is 6.09 Å². The molecule has 0 bridgehead atoms. The molecule has 2 N–H and O–H groups in total. The molecular weight excluding hydrogens is 554 g/mol. The van der Waals surface area contributed by atoms with E-state index in [1.807, 2.05) is 121 Å². The van der Waals surface area contributed by atoms with Crippen LogP contribution in [0.2, 0.25) is 0 Å². The lowest BCUT2D eigenvalue weighted by molar-refractivity contribution is -0.123. The summed E-state index contributed by atoms with van der Waals surface area (Å²) in [4.78, 5) is 44.7. The van der Waals surface area contributed by atoms with E-state index >= 15 is 0 Å². The van der Waals surface area contributed by atoms with E-state index < -0.39 is 29.9 Å². The zero-order valence-corrected chi connectivity index (χ0v) is 24.1. The van der Waals surface area contributed by atoms with E-state index in [0.717, 1.165) is 22.3 Å². The van der Waals surface area contributed by atoms with Gasteiger partial charge in [0.15, 0.2) is 0 Å². The first-order chi connectivity index (χ1) is 21.5. The second-order valence-corrected chi connectivity index (χ2v) is 10.3. The average Bonchev–Trinajstić information content (AvgIpc) is 3.57. The lowest BCUT2D eigenvalue weighted by Gasteiger charge is -2.22. The molecule has 5 aromatic rings. The van der Waals surface area contributed by atoms with Crippen LogP contribution in [0.3, 0.4) is 0 Å². The fraction of sp³-hybridized carbons (Fsp3) is 0.167. The minimum atomic E-state index is -1.00. The highest BCUT2D eigenvalue weighted by molar-refractivity contribution is 5.99. The van der Waals surface area contributed by atoms with E-state index in [-0.39, 0.29) is 18.9 Å². The number of benzene rings is 4. The van der Waals surface area contributed by atoms with Crippen molar-refractivity contribution < 1.29 is 23.5 Å². The van der Waals surface area contributed by atoms with Gasteiger partial charge in [-0.2, -0.15) is 0 Å². The molecule has 4 aromatic carbocycles. The third kappa shape index (κ3) is 8.51. The van der Waals surface area contributed by atoms with Crippen LogP contribution in [0.15, 0.2) is 132 Å². The van der Waals surface area contributed by atoms with Crippen molar-refractivity contribution in [1.29, 1.82) is 0 Å². The van der Waals surface area contributed by atoms with Gasteiger partial charge in [0.1, 0.15) is 24.6 Å². The van der Waals surface area contributed by atoms with Crippen LogP contribution in [-0.2, 0) is 29.0 Å². The molecule has 2 atom stereocenters. The van der Waals surface area contributed by atoms with Crippen molar-refractivity contribution in [2.75, 3.05) is 0 Å². The predicted molar refractivity (Wildman–Crippen MR) is 167 cm³/mol. The maximum Gasteiger partial charge on any atom is 0.408 e. The van der Waals surface area contributed by atoms with Crippen molar-refractivity contribution in [3.63, 3.8) is 0 Å². The SMILES string of the molecule is O=C(N[C@@H](Cc1ccccc1)C(=O)NC(CCc1ccccc1)C(=O)c1nc(-c2ccccc2)co1)OCc1ccccc1. The van der Waals surface area contributed by atoms with E-state index in [2.05, 4.69) is 15.6 Å². The first-order valence-corrected chi connectivity index (χ1v) is 14.5. The minimum absolute atomic E-state index is 0.0540. The number of amides is 2. The molecule has 5 rings (SSSR count). The third-order valence-electron chi connectivity index (χ3n) is 7.09. The number of ether oxygens (including phenoxy) is 1. The van der Waals surface area contributed by atoms with Gasteiger partial charge in [0.05, 0.1) is 6.04 Å². The molecule has 8 heteroatoms. The van der Waals surface area contributed by atoms with Crippen molar-refractivity contribution in [2.45, 2.75) is 38.0 Å². The summed E-state index contributed by atoms with van der Waals surface area (Å²) in [6.07, 6.45) is 1.72. The molecule has 8 nitrogen and oxygen atoms in total. The fourth-order valence-electron chi connectivity index (χ4n) is 4.74. The quantitative estimate of drug-likeness (QED) is 0.159. The Kier molecular flexibility index (Phi) is 10.3. The number of carbonyl (C=O) groups is 3. The van der Waals surface area contributed by atoms with Crippen LogP contribution in [0.5, 0.6) is 0 Å². The number of oxazole rings is 1. The summed E-state index contributed by atoms with van der Waals surface area (Å²) in [5, 5.41) is 5.57. The van der Waals surface area contributed by atoms with Crippen molar-refractivity contribution >= 4 is 17.8 Å². The first-order valence-electron chi connectivity index (χ1n) is 14.5. The summed E-state index contributed by atoms with van der Waals surface area (Å²) in [7, 11) is 0. The molecule has 0 spiro atoms. The molecule has 1 heterocycles. The van der Waals surface area contributed by atoms with Gasteiger partial charge in [-0.3, -0.25) is 9.59 Å². The number of alkyl carbamates (subject to hydrolysis) is 1. The van der Waals surface area contributed by atoms with Gasteiger partial charge in [0.25, 0.3) is 5.89 Å². The lowest BCUT2D eigenvalue weighted by atomic mass is 10.0. The van der Waals surface area contributed by atoms with Crippen LogP contribution in [0.4, 0.5) is 4.79 Å². The summed E-state index contributed by atoms with van der Waals surface area (Å²) in [5.74, 6) is -1.08. The van der Waals surface area contributed by atoms with Crippen molar-refractivity contribution in [3.05, 3.63) is 150 Å². The normalized spacial score (nSPS) is 12.1. The smallest absolute Gasteiger partial charge is 0.408 e. The Bertz CT molecular complexity index is 1640. The maximum atomic E-state index is 13.8. The summed E-state index contributed by atoms with van der Waals surface area (Å²) in [5.41, 5.74) is 4.00. The Morgan fingerprint density at radius 2 is 1.25 bits per heavy atom. The molecular formula is C36H33N3O5. The Labute approximate surface area is 256 Å².